The third kappa shape index (κ3) is 0.778. The normalized spacial score (nSPS) is 60.6. The molecule has 3 unspecified atom stereocenters. The van der Waals surface area contributed by atoms with Gasteiger partial charge in [0.15, 0.2) is 0 Å². The highest BCUT2D eigenvalue weighted by Crippen LogP contribution is 2.74. The van der Waals surface area contributed by atoms with Gasteiger partial charge in [0.1, 0.15) is 0 Å². The van der Waals surface area contributed by atoms with E-state index in [0.29, 0.717) is 16.9 Å². The van der Waals surface area contributed by atoms with Gasteiger partial charge in [-0.05, 0) is 61.2 Å². The van der Waals surface area contributed by atoms with Gasteiger partial charge in [-0.25, -0.2) is 0 Å². The van der Waals surface area contributed by atoms with Gasteiger partial charge in [-0.1, -0.05) is 13.8 Å². The van der Waals surface area contributed by atoms with E-state index in [1.54, 1.807) is 0 Å². The average molecular weight is 193 g/mol. The topological polar surface area (TPSA) is 26.0 Å². The summed E-state index contributed by atoms with van der Waals surface area (Å²) in [6.07, 6.45) is 8.44. The van der Waals surface area contributed by atoms with Crippen molar-refractivity contribution in [3.8, 4) is 0 Å². The molecular weight excluding hydrogens is 170 g/mol. The van der Waals surface area contributed by atoms with Crippen molar-refractivity contribution in [2.45, 2.75) is 58.4 Å². The Balaban J connectivity index is 2.01. The minimum Gasteiger partial charge on any atom is -0.327 e. The van der Waals surface area contributed by atoms with Crippen LogP contribution in [0.2, 0.25) is 0 Å². The smallest absolute Gasteiger partial charge is 0.00986 e. The summed E-state index contributed by atoms with van der Waals surface area (Å²) in [6, 6.07) is 0.510. The fraction of sp³-hybridized carbons (Fsp3) is 1.00. The van der Waals surface area contributed by atoms with E-state index >= 15 is 0 Å². The SMILES string of the molecule is CC[C@@]12C[C@]3(C)C(CCC1N)CCC32. The molecule has 4 saturated carbocycles. The molecule has 14 heavy (non-hydrogen) atoms. The van der Waals surface area contributed by atoms with Crippen molar-refractivity contribution in [3.05, 3.63) is 0 Å². The monoisotopic (exact) mass is 193 g/mol. The van der Waals surface area contributed by atoms with E-state index in [0.717, 1.165) is 11.8 Å². The molecule has 0 spiro atoms. The molecule has 0 aromatic rings. The predicted molar refractivity (Wildman–Crippen MR) is 58.9 cm³/mol. The Hall–Kier alpha value is -0.0400. The largest absolute Gasteiger partial charge is 0.327 e. The van der Waals surface area contributed by atoms with Gasteiger partial charge < -0.3 is 5.73 Å². The van der Waals surface area contributed by atoms with E-state index in [-0.39, 0.29) is 0 Å². The van der Waals surface area contributed by atoms with Crippen LogP contribution >= 0.6 is 0 Å². The average Bonchev–Trinajstić information content (AvgIpc) is 2.28. The maximum atomic E-state index is 6.41. The maximum Gasteiger partial charge on any atom is 0.00986 e. The van der Waals surface area contributed by atoms with Crippen LogP contribution in [0.1, 0.15) is 52.4 Å². The lowest BCUT2D eigenvalue weighted by molar-refractivity contribution is -0.118. The molecule has 4 bridgehead atoms. The molecule has 5 atom stereocenters. The molecule has 0 saturated heterocycles. The van der Waals surface area contributed by atoms with Crippen molar-refractivity contribution in [1.29, 1.82) is 0 Å². The Morgan fingerprint density at radius 2 is 1.93 bits per heavy atom. The maximum absolute atomic E-state index is 6.41. The second kappa shape index (κ2) is 2.55. The van der Waals surface area contributed by atoms with Crippen molar-refractivity contribution in [2.75, 3.05) is 0 Å². The molecule has 80 valence electrons. The molecule has 4 aliphatic carbocycles. The summed E-state index contributed by atoms with van der Waals surface area (Å²) in [6.45, 7) is 4.90. The third-order valence-electron chi connectivity index (χ3n) is 6.16. The molecule has 4 aliphatic rings. The summed E-state index contributed by atoms with van der Waals surface area (Å²) >= 11 is 0. The molecule has 1 nitrogen and oxygen atoms in total. The van der Waals surface area contributed by atoms with E-state index < -0.39 is 0 Å². The van der Waals surface area contributed by atoms with Crippen LogP contribution in [0.15, 0.2) is 0 Å². The molecule has 0 radical (unpaired) electrons. The van der Waals surface area contributed by atoms with Gasteiger partial charge in [-0.3, -0.25) is 0 Å². The highest BCUT2D eigenvalue weighted by molar-refractivity contribution is 5.18. The van der Waals surface area contributed by atoms with Crippen molar-refractivity contribution in [3.63, 3.8) is 0 Å². The Kier molecular flexibility index (Phi) is 1.68. The second-order valence-corrected chi connectivity index (χ2v) is 6.28. The molecule has 0 aromatic carbocycles. The number of fused-ring (bicyclic) bond motifs is 2. The summed E-state index contributed by atoms with van der Waals surface area (Å²) in [5.74, 6) is 1.99. The van der Waals surface area contributed by atoms with Crippen molar-refractivity contribution in [1.82, 2.24) is 0 Å². The number of hydrogen-bond acceptors (Lipinski definition) is 1. The quantitative estimate of drug-likeness (QED) is 0.681. The first-order valence-electron chi connectivity index (χ1n) is 6.39. The van der Waals surface area contributed by atoms with Crippen LogP contribution < -0.4 is 5.73 Å². The van der Waals surface area contributed by atoms with E-state index in [1.807, 2.05) is 0 Å². The summed E-state index contributed by atoms with van der Waals surface area (Å²) in [5, 5.41) is 0. The van der Waals surface area contributed by atoms with E-state index in [2.05, 4.69) is 13.8 Å². The van der Waals surface area contributed by atoms with Crippen LogP contribution in [0.25, 0.3) is 0 Å². The molecule has 2 N–H and O–H groups in total. The summed E-state index contributed by atoms with van der Waals surface area (Å²) in [5.41, 5.74) is 7.66. The first-order valence-corrected chi connectivity index (χ1v) is 6.39. The fourth-order valence-electron chi connectivity index (χ4n) is 5.39. The molecule has 4 rings (SSSR count). The van der Waals surface area contributed by atoms with Crippen LogP contribution in [0.5, 0.6) is 0 Å². The first-order chi connectivity index (χ1) is 6.63. The Bertz CT molecular complexity index is 262. The van der Waals surface area contributed by atoms with E-state index in [4.69, 9.17) is 5.73 Å². The predicted octanol–water partition coefficient (Wildman–Crippen LogP) is 2.94. The van der Waals surface area contributed by atoms with Gasteiger partial charge >= 0.3 is 0 Å². The second-order valence-electron chi connectivity index (χ2n) is 6.28. The summed E-state index contributed by atoms with van der Waals surface area (Å²) in [4.78, 5) is 0. The highest BCUT2D eigenvalue weighted by atomic mass is 14.8. The van der Waals surface area contributed by atoms with Crippen molar-refractivity contribution < 1.29 is 0 Å². The zero-order valence-corrected chi connectivity index (χ0v) is 9.55. The van der Waals surface area contributed by atoms with Crippen molar-refractivity contribution >= 4 is 0 Å². The van der Waals surface area contributed by atoms with Gasteiger partial charge in [0.25, 0.3) is 0 Å². The standard InChI is InChI=1S/C13H23N/c1-3-13-8-12(2)9(4-6-10(12)13)5-7-11(13)14/h9-11H,3-8,14H2,1-2H3/t9?,10?,11?,12-,13+/m1/s1. The Morgan fingerprint density at radius 1 is 1.21 bits per heavy atom. The lowest BCUT2D eigenvalue weighted by atomic mass is 9.44. The summed E-state index contributed by atoms with van der Waals surface area (Å²) in [7, 11) is 0. The van der Waals surface area contributed by atoms with Crippen LogP contribution in [0.3, 0.4) is 0 Å². The minimum absolute atomic E-state index is 0.510. The van der Waals surface area contributed by atoms with Gasteiger partial charge in [-0.15, -0.1) is 0 Å². The Morgan fingerprint density at radius 3 is 2.64 bits per heavy atom. The van der Waals surface area contributed by atoms with Crippen LogP contribution in [-0.2, 0) is 0 Å². The molecule has 1 heteroatoms. The van der Waals surface area contributed by atoms with Crippen LogP contribution in [0.4, 0.5) is 0 Å². The van der Waals surface area contributed by atoms with Crippen LogP contribution in [-0.4, -0.2) is 6.04 Å². The van der Waals surface area contributed by atoms with Gasteiger partial charge in [0.05, 0.1) is 0 Å². The zero-order chi connectivity index (χ0) is 9.97. The number of rotatable bonds is 1. The molecule has 4 fully saturated rings. The molecule has 0 amide bonds. The zero-order valence-electron chi connectivity index (χ0n) is 9.55. The summed E-state index contributed by atoms with van der Waals surface area (Å²) < 4.78 is 0. The lowest BCUT2D eigenvalue weighted by Gasteiger charge is -2.61. The number of hydrogen-bond donors (Lipinski definition) is 1. The molecule has 0 heterocycles. The highest BCUT2D eigenvalue weighted by Gasteiger charge is 2.68. The number of nitrogens with two attached hydrogens (primary N) is 1. The lowest BCUT2D eigenvalue weighted by Crippen LogP contribution is -2.59. The Labute approximate surface area is 87.4 Å². The molecule has 0 aliphatic heterocycles. The van der Waals surface area contributed by atoms with E-state index in [9.17, 15) is 0 Å². The van der Waals surface area contributed by atoms with Gasteiger partial charge in [0.2, 0.25) is 0 Å². The molecular formula is C13H23N. The van der Waals surface area contributed by atoms with E-state index in [1.165, 1.54) is 38.5 Å². The van der Waals surface area contributed by atoms with Crippen molar-refractivity contribution in [2.24, 2.45) is 28.4 Å². The minimum atomic E-state index is 0.510. The first kappa shape index (κ1) is 9.21. The van der Waals surface area contributed by atoms with Gasteiger partial charge in [0, 0.05) is 6.04 Å². The van der Waals surface area contributed by atoms with Crippen LogP contribution in [0, 0.1) is 22.7 Å². The fourth-order valence-corrected chi connectivity index (χ4v) is 5.39. The third-order valence-corrected chi connectivity index (χ3v) is 6.16. The van der Waals surface area contributed by atoms with Gasteiger partial charge in [-0.2, -0.15) is 0 Å². The molecule has 0 aromatic heterocycles.